The first kappa shape index (κ1) is 111. The van der Waals surface area contributed by atoms with Gasteiger partial charge in [-0.2, -0.15) is 0 Å². The van der Waals surface area contributed by atoms with Crippen molar-refractivity contribution in [1.29, 1.82) is 0 Å². The largest absolute Gasteiger partial charge is 0.394 e. The summed E-state index contributed by atoms with van der Waals surface area (Å²) in [6.45, 7) is -7.65. The van der Waals surface area contributed by atoms with Crippen LogP contribution < -0.4 is 21.3 Å². The van der Waals surface area contributed by atoms with E-state index in [1.54, 1.807) is 0 Å². The topological polar surface area (TPSA) is 884 Å². The first-order valence-electron chi connectivity index (χ1n) is 43.2. The number of carbonyl (C=O) groups excluding carboxylic acids is 4. The third kappa shape index (κ3) is 24.9. The average molecular weight is 1980 g/mol. The fourth-order valence-electron chi connectivity index (χ4n) is 17.7. The molecule has 782 valence electrons. The monoisotopic (exact) mass is 1980 g/mol. The summed E-state index contributed by atoms with van der Waals surface area (Å²) in [5.41, 5.74) is 0. The van der Waals surface area contributed by atoms with E-state index in [1.807, 2.05) is 0 Å². The number of methoxy groups -OCH3 is 3. The Morgan fingerprint density at radius 2 is 0.519 bits per heavy atom. The van der Waals surface area contributed by atoms with Crippen LogP contribution >= 0.6 is 0 Å². The molecule has 0 aliphatic carbocycles. The molecular formula is C76H128N4O55. The SMILES string of the molecule is CO[C@H]1[C@@H](O)[C@@H](CO)O[C@@H](OC[C@H]2O[C@@H](O[C@H]3[C@H](O)[C@@H](CO[C@@H]4O[C@H](CO)[C@H](O)[C@H](OC)[C@H]4O)O[C@@H](O[C@H]4[C@H](O)[C@@H](NC(C)=O)[C@H](O[C@@H]5[C@@H](O[C@H]6[C@H](O)[C@@H](CO[C@H]7O[C@H](CO)[C@@H](O)[C@H](O)[C@@H]7O)O[C@@H](O[C@H]7[C@H](O)[C@@H](NC(C)=O)[C@H](O[C@H]8[C@H](O)[C@@H](NC(C)=O)C(O)O[C@@H]8CO)O[C@@H]7CO)[C@H]6O[C@@H]6OC[C@@H](O)[C@H](O)[C@H]6O)O[C@H](CO)[C@@H](O)[C@@H]5O)O[C@@H]4CO)[C@@H]3NC(C)=O)[C@H](O)[C@@H](OC)[C@H]2O)[C@@H]1O. The molecule has 11 aliphatic heterocycles. The lowest BCUT2D eigenvalue weighted by molar-refractivity contribution is -0.411. The van der Waals surface area contributed by atoms with E-state index in [9.17, 15) is 157 Å². The molecule has 11 heterocycles. The van der Waals surface area contributed by atoms with Gasteiger partial charge in [-0.05, 0) is 0 Å². The van der Waals surface area contributed by atoms with Crippen LogP contribution in [0.25, 0.3) is 0 Å². The van der Waals surface area contributed by atoms with Gasteiger partial charge in [0.2, 0.25) is 23.6 Å². The van der Waals surface area contributed by atoms with Gasteiger partial charge in [-0.15, -0.1) is 0 Å². The van der Waals surface area contributed by atoms with E-state index in [0.717, 1.165) is 49.0 Å². The fourth-order valence-corrected chi connectivity index (χ4v) is 17.7. The molecular weight excluding hydrogens is 1850 g/mol. The van der Waals surface area contributed by atoms with Crippen LogP contribution in [0, 0.1) is 0 Å². The van der Waals surface area contributed by atoms with Crippen LogP contribution in [0.2, 0.25) is 0 Å². The first-order chi connectivity index (χ1) is 64.1. The number of amides is 4. The lowest BCUT2D eigenvalue weighted by atomic mass is 9.93. The Hall–Kier alpha value is -4.16. The molecule has 0 saturated carbocycles. The van der Waals surface area contributed by atoms with Crippen molar-refractivity contribution in [3.8, 4) is 0 Å². The van der Waals surface area contributed by atoms with Gasteiger partial charge in [-0.25, -0.2) is 0 Å². The Bertz CT molecular complexity index is 3650. The Morgan fingerprint density at radius 3 is 0.956 bits per heavy atom. The third-order valence-electron chi connectivity index (χ3n) is 24.9. The molecule has 0 bridgehead atoms. The summed E-state index contributed by atoms with van der Waals surface area (Å²) in [6, 6.07) is -7.86. The van der Waals surface area contributed by atoms with E-state index >= 15 is 0 Å². The summed E-state index contributed by atoms with van der Waals surface area (Å²) in [5, 5.41) is 316. The minimum Gasteiger partial charge on any atom is -0.394 e. The van der Waals surface area contributed by atoms with Crippen molar-refractivity contribution < 1.29 is 271 Å². The molecule has 0 aromatic carbocycles. The molecule has 11 rings (SSSR count). The minimum atomic E-state index is -2.56. The van der Waals surface area contributed by atoms with Crippen molar-refractivity contribution in [3.05, 3.63) is 0 Å². The quantitative estimate of drug-likeness (QED) is 0.0275. The van der Waals surface area contributed by atoms with E-state index in [4.69, 9.17) is 114 Å². The van der Waals surface area contributed by atoms with Gasteiger partial charge in [-0.3, -0.25) is 19.2 Å². The number of nitrogens with one attached hydrogen (secondary N) is 4. The second-order valence-corrected chi connectivity index (χ2v) is 34.0. The molecule has 0 radical (unpaired) electrons. The summed E-state index contributed by atoms with van der Waals surface area (Å²) >= 11 is 0. The molecule has 31 N–H and O–H groups in total. The number of hydrogen-bond acceptors (Lipinski definition) is 55. The van der Waals surface area contributed by atoms with Crippen LogP contribution in [0.5, 0.6) is 0 Å². The summed E-state index contributed by atoms with van der Waals surface area (Å²) in [5.74, 6) is -3.84. The molecule has 4 amide bonds. The third-order valence-corrected chi connectivity index (χ3v) is 24.9. The smallest absolute Gasteiger partial charge is 0.217 e. The van der Waals surface area contributed by atoms with E-state index in [2.05, 4.69) is 21.3 Å². The van der Waals surface area contributed by atoms with Gasteiger partial charge in [0.05, 0.1) is 72.7 Å². The number of carbonyl (C=O) groups is 4. The second-order valence-electron chi connectivity index (χ2n) is 34.0. The number of ether oxygens (including phenoxy) is 24. The highest BCUT2D eigenvalue weighted by atomic mass is 16.8. The molecule has 11 saturated heterocycles. The van der Waals surface area contributed by atoms with Gasteiger partial charge < -0.3 is 273 Å². The van der Waals surface area contributed by atoms with Crippen LogP contribution in [0.4, 0.5) is 0 Å². The van der Waals surface area contributed by atoms with Gasteiger partial charge in [-0.1, -0.05) is 0 Å². The van der Waals surface area contributed by atoms with Crippen molar-refractivity contribution in [1.82, 2.24) is 21.3 Å². The number of rotatable bonds is 37. The Morgan fingerprint density at radius 1 is 0.237 bits per heavy atom. The Kier molecular flexibility index (Phi) is 40.7. The molecule has 0 aromatic rings. The maximum absolute atomic E-state index is 13.6. The van der Waals surface area contributed by atoms with Crippen LogP contribution in [0.15, 0.2) is 0 Å². The standard InChI is InChI=1S/C76H128N4O55/c1-19(88)77-34-46(101)56(28(12-85)119-66(34)111)129-67-35(78-20(2)89)48(103)58(30(14-87)124-67)131-76-65(135-71-51(106)38(93)23(92)15-115-71)63(45(100)33(128-76)18-116-70-52(107)49(104)39(94)24(8-81)120-70)133-75-64(50(105)40(95)25(9-82)123-75)134-68-36(79-21(3)90)47(102)57(29(13-86)125-68)130-69-37(80-22(4)91)59(43(98)31(126-69)16-117-72-53(108)60(112-5)41(96)26(10-83)121-72)132-74-55(110)62(114-7)44(99)32(127-74)17-118-73-54(109)61(113-6)42(97)27(11-84)122-73/h23-76,81-87,92-111H,8-18H2,1-7H3,(H,77,88)(H,78,89)(H,79,90)(H,80,91)/t23-,24-,25-,26-,27-,28-,29-,30-,31-,32-,33-,34-,35-,36-,37-,38+,39-,40-,41+,42+,43-,44+,45-,46-,47-,48-,49+,50+,51-,52+,53-,54-,55-,56-,57-,58-,59-,60+,61+,62+,63+,64+,65+,66?,67+,68+,69+,70+,71+,72-,73-,74+,75-,76+/m1/s1. The zero-order valence-electron chi connectivity index (χ0n) is 73.5. The first-order valence-corrected chi connectivity index (χ1v) is 43.2. The molecule has 59 nitrogen and oxygen atoms in total. The molecule has 11 fully saturated rings. The van der Waals surface area contributed by atoms with Crippen molar-refractivity contribution in [2.24, 2.45) is 0 Å². The highest BCUT2D eigenvalue weighted by molar-refractivity contribution is 5.74. The number of aliphatic hydroxyl groups excluding tert-OH is 27. The van der Waals surface area contributed by atoms with Gasteiger partial charge in [0.25, 0.3) is 0 Å². The van der Waals surface area contributed by atoms with Crippen LogP contribution in [-0.2, 0) is 133 Å². The predicted octanol–water partition coefficient (Wildman–Crippen LogP) is -21.8. The normalized spacial score (nSPS) is 49.0. The summed E-state index contributed by atoms with van der Waals surface area (Å²) < 4.78 is 144. The predicted molar refractivity (Wildman–Crippen MR) is 417 cm³/mol. The zero-order valence-corrected chi connectivity index (χ0v) is 73.5. The molecule has 54 atom stereocenters. The van der Waals surface area contributed by atoms with Gasteiger partial charge in [0, 0.05) is 49.0 Å². The maximum Gasteiger partial charge on any atom is 0.217 e. The molecule has 0 spiro atoms. The summed E-state index contributed by atoms with van der Waals surface area (Å²) in [6.07, 6.45) is -103. The molecule has 59 heteroatoms. The van der Waals surface area contributed by atoms with Crippen LogP contribution in [0.3, 0.4) is 0 Å². The summed E-state index contributed by atoms with van der Waals surface area (Å²) in [7, 11) is 3.26. The molecule has 0 aromatic heterocycles. The Labute approximate surface area is 766 Å². The van der Waals surface area contributed by atoms with Crippen LogP contribution in [-0.4, -0.2) is 587 Å². The van der Waals surface area contributed by atoms with Crippen molar-refractivity contribution >= 4 is 23.6 Å². The van der Waals surface area contributed by atoms with Crippen molar-refractivity contribution in [3.63, 3.8) is 0 Å². The van der Waals surface area contributed by atoms with Crippen molar-refractivity contribution in [2.75, 3.05) is 94.0 Å². The van der Waals surface area contributed by atoms with E-state index < -0.39 is 428 Å². The van der Waals surface area contributed by atoms with Crippen LogP contribution in [0.1, 0.15) is 27.7 Å². The Balaban J connectivity index is 0.943. The van der Waals surface area contributed by atoms with E-state index in [1.165, 1.54) is 0 Å². The lowest BCUT2D eigenvalue weighted by Crippen LogP contribution is -2.72. The highest BCUT2D eigenvalue weighted by Gasteiger charge is 2.63. The van der Waals surface area contributed by atoms with Gasteiger partial charge in [0.15, 0.2) is 69.2 Å². The fraction of sp³-hybridized carbons (Fsp3) is 0.947. The number of hydrogen-bond donors (Lipinski definition) is 31. The average Bonchev–Trinajstić information content (AvgIpc) is 0.760. The van der Waals surface area contributed by atoms with Crippen molar-refractivity contribution in [2.45, 2.75) is 359 Å². The zero-order chi connectivity index (χ0) is 99.1. The molecule has 1 unspecified atom stereocenters. The summed E-state index contributed by atoms with van der Waals surface area (Å²) in [4.78, 5) is 52.7. The maximum atomic E-state index is 13.6. The molecule has 135 heavy (non-hydrogen) atoms. The molecule has 11 aliphatic rings. The lowest BCUT2D eigenvalue weighted by Gasteiger charge is -2.52. The minimum absolute atomic E-state index is 0.806. The second kappa shape index (κ2) is 49.4. The van der Waals surface area contributed by atoms with Gasteiger partial charge in [0.1, 0.15) is 262 Å². The highest BCUT2D eigenvalue weighted by Crippen LogP contribution is 2.42. The number of aliphatic hydroxyl groups is 27. The van der Waals surface area contributed by atoms with Gasteiger partial charge >= 0.3 is 0 Å². The van der Waals surface area contributed by atoms with E-state index in [0.29, 0.717) is 0 Å². The van der Waals surface area contributed by atoms with E-state index in [-0.39, 0.29) is 0 Å².